The SMILES string of the molecule is C=C/C(=C\C=C(/N)NC(=C)/C(C)=C(/OC1=CC(F)[C@@H]2NC(C)=CC2=C1F)C(C)CCCN)N1CCNCC1. The molecule has 0 aromatic rings. The minimum Gasteiger partial charge on any atom is -0.458 e. The maximum atomic E-state index is 15.4. The van der Waals surface area contributed by atoms with Gasteiger partial charge in [-0.25, -0.2) is 8.78 Å². The highest BCUT2D eigenvalue weighted by molar-refractivity contribution is 5.48. The Morgan fingerprint density at radius 2 is 2.05 bits per heavy atom. The van der Waals surface area contributed by atoms with Crippen molar-refractivity contribution in [3.63, 3.8) is 0 Å². The number of ether oxygens (including phenoxy) is 1. The summed E-state index contributed by atoms with van der Waals surface area (Å²) in [6.45, 7) is 17.8. The van der Waals surface area contributed by atoms with Crippen molar-refractivity contribution in [1.29, 1.82) is 0 Å². The molecular formula is C29H42F2N6O. The van der Waals surface area contributed by atoms with E-state index in [9.17, 15) is 4.39 Å². The molecule has 1 saturated heterocycles. The van der Waals surface area contributed by atoms with E-state index in [-0.39, 0.29) is 17.3 Å². The lowest BCUT2D eigenvalue weighted by atomic mass is 9.96. The summed E-state index contributed by atoms with van der Waals surface area (Å²) in [5, 5.41) is 9.40. The molecule has 2 unspecified atom stereocenters. The summed E-state index contributed by atoms with van der Waals surface area (Å²) in [6, 6.07) is -0.734. The van der Waals surface area contributed by atoms with Crippen molar-refractivity contribution in [2.24, 2.45) is 17.4 Å². The number of nitrogens with two attached hydrogens (primary N) is 2. The fourth-order valence-corrected chi connectivity index (χ4v) is 4.75. The van der Waals surface area contributed by atoms with E-state index in [4.69, 9.17) is 16.2 Å². The van der Waals surface area contributed by atoms with E-state index >= 15 is 4.39 Å². The topological polar surface area (TPSA) is 101 Å². The lowest BCUT2D eigenvalue weighted by Gasteiger charge is -2.30. The van der Waals surface area contributed by atoms with Crippen molar-refractivity contribution in [3.8, 4) is 0 Å². The Balaban J connectivity index is 1.83. The molecule has 7 nitrogen and oxygen atoms in total. The van der Waals surface area contributed by atoms with Crippen LogP contribution in [-0.2, 0) is 4.74 Å². The van der Waals surface area contributed by atoms with Crippen molar-refractivity contribution in [2.45, 2.75) is 45.8 Å². The largest absolute Gasteiger partial charge is 0.458 e. The molecule has 9 heteroatoms. The number of nitrogens with zero attached hydrogens (tertiary/aromatic N) is 1. The molecule has 38 heavy (non-hydrogen) atoms. The first-order chi connectivity index (χ1) is 18.2. The van der Waals surface area contributed by atoms with Crippen LogP contribution in [0.4, 0.5) is 8.78 Å². The van der Waals surface area contributed by atoms with Crippen molar-refractivity contribution in [2.75, 3.05) is 32.7 Å². The number of hydrogen-bond acceptors (Lipinski definition) is 7. The molecular weight excluding hydrogens is 486 g/mol. The molecule has 3 rings (SSSR count). The molecule has 0 radical (unpaired) electrons. The van der Waals surface area contributed by atoms with Gasteiger partial charge in [0, 0.05) is 60.3 Å². The van der Waals surface area contributed by atoms with E-state index < -0.39 is 18.0 Å². The number of halogens is 2. The maximum Gasteiger partial charge on any atom is 0.170 e. The fraction of sp³-hybridized carbons (Fsp3) is 0.448. The van der Waals surface area contributed by atoms with Gasteiger partial charge in [-0.05, 0) is 63.6 Å². The Kier molecular flexibility index (Phi) is 10.4. The Morgan fingerprint density at radius 3 is 2.71 bits per heavy atom. The molecule has 2 aliphatic heterocycles. The number of nitrogens with one attached hydrogen (secondary N) is 3. The van der Waals surface area contributed by atoms with Gasteiger partial charge in [0.05, 0.1) is 6.04 Å². The van der Waals surface area contributed by atoms with Gasteiger partial charge in [-0.15, -0.1) is 0 Å². The Labute approximate surface area is 225 Å². The van der Waals surface area contributed by atoms with Crippen LogP contribution >= 0.6 is 0 Å². The molecule has 0 amide bonds. The minimum absolute atomic E-state index is 0.115. The number of rotatable bonds is 12. The van der Waals surface area contributed by atoms with Crippen LogP contribution in [0.3, 0.4) is 0 Å². The van der Waals surface area contributed by atoms with Crippen LogP contribution in [-0.4, -0.2) is 49.8 Å². The summed E-state index contributed by atoms with van der Waals surface area (Å²) in [4.78, 5) is 2.23. The van der Waals surface area contributed by atoms with E-state index in [1.807, 2.05) is 19.9 Å². The second-order valence-electron chi connectivity index (χ2n) is 9.88. The first-order valence-corrected chi connectivity index (χ1v) is 13.2. The fourth-order valence-electron chi connectivity index (χ4n) is 4.75. The van der Waals surface area contributed by atoms with Gasteiger partial charge >= 0.3 is 0 Å². The number of hydrogen-bond donors (Lipinski definition) is 5. The number of alkyl halides is 1. The lowest BCUT2D eigenvalue weighted by Crippen LogP contribution is -2.42. The van der Waals surface area contributed by atoms with E-state index in [1.165, 1.54) is 6.08 Å². The third kappa shape index (κ3) is 7.17. The van der Waals surface area contributed by atoms with E-state index in [2.05, 4.69) is 34.0 Å². The van der Waals surface area contributed by atoms with Crippen LogP contribution in [0.15, 0.2) is 94.9 Å². The molecule has 1 fully saturated rings. The third-order valence-corrected chi connectivity index (χ3v) is 6.94. The van der Waals surface area contributed by atoms with Gasteiger partial charge in [-0.2, -0.15) is 0 Å². The summed E-state index contributed by atoms with van der Waals surface area (Å²) in [6.07, 6.45) is 8.34. The van der Waals surface area contributed by atoms with Crippen molar-refractivity contribution in [3.05, 3.63) is 94.9 Å². The predicted octanol–water partition coefficient (Wildman–Crippen LogP) is 3.87. The predicted molar refractivity (Wildman–Crippen MR) is 150 cm³/mol. The van der Waals surface area contributed by atoms with Crippen molar-refractivity contribution >= 4 is 0 Å². The quantitative estimate of drug-likeness (QED) is 0.194. The molecule has 0 bridgehead atoms. The molecule has 0 aromatic heterocycles. The van der Waals surface area contributed by atoms with Crippen LogP contribution < -0.4 is 27.4 Å². The van der Waals surface area contributed by atoms with Crippen molar-refractivity contribution < 1.29 is 13.5 Å². The molecule has 7 N–H and O–H groups in total. The molecule has 0 spiro atoms. The summed E-state index contributed by atoms with van der Waals surface area (Å²) < 4.78 is 36.3. The van der Waals surface area contributed by atoms with Crippen LogP contribution in [0, 0.1) is 5.92 Å². The summed E-state index contributed by atoms with van der Waals surface area (Å²) in [7, 11) is 0. The van der Waals surface area contributed by atoms with Gasteiger partial charge < -0.3 is 37.1 Å². The van der Waals surface area contributed by atoms with Crippen LogP contribution in [0.2, 0.25) is 0 Å². The van der Waals surface area contributed by atoms with Crippen LogP contribution in [0.25, 0.3) is 0 Å². The lowest BCUT2D eigenvalue weighted by molar-refractivity contribution is 0.227. The average molecular weight is 529 g/mol. The van der Waals surface area contributed by atoms with Gasteiger partial charge in [0.25, 0.3) is 0 Å². The average Bonchev–Trinajstić information content (AvgIpc) is 3.31. The summed E-state index contributed by atoms with van der Waals surface area (Å²) in [5.74, 6) is 0.0585. The highest BCUT2D eigenvalue weighted by Gasteiger charge is 2.36. The molecule has 0 aromatic carbocycles. The monoisotopic (exact) mass is 528 g/mol. The highest BCUT2D eigenvalue weighted by Crippen LogP contribution is 2.37. The van der Waals surface area contributed by atoms with E-state index in [0.29, 0.717) is 41.5 Å². The molecule has 1 aliphatic carbocycles. The Bertz CT molecular complexity index is 1090. The smallest absolute Gasteiger partial charge is 0.170 e. The maximum absolute atomic E-state index is 15.4. The third-order valence-electron chi connectivity index (χ3n) is 6.94. The Morgan fingerprint density at radius 1 is 1.34 bits per heavy atom. The number of piperazine rings is 1. The molecule has 3 atom stereocenters. The van der Waals surface area contributed by atoms with Gasteiger partial charge in [-0.3, -0.25) is 0 Å². The van der Waals surface area contributed by atoms with Crippen LogP contribution in [0.1, 0.15) is 33.6 Å². The second kappa shape index (κ2) is 13.5. The van der Waals surface area contributed by atoms with Gasteiger partial charge in [0.2, 0.25) is 0 Å². The van der Waals surface area contributed by atoms with E-state index in [0.717, 1.165) is 38.3 Å². The minimum atomic E-state index is -1.42. The standard InChI is InChI=1S/C29H42F2N6O/c1-6-22(37-14-12-34-13-15-37)9-10-26(33)36-21(5)20(4)29(18(2)8-7-11-32)38-25-17-24(30)28-23(27(25)31)16-19(3)35-28/h6,9-10,16-18,24,28,34-36H,1,5,7-8,11-15,32-33H2,2-4H3/b22-9+,26-10+,29-20+/t18?,24?,28-/m1/s1. The first kappa shape index (κ1) is 29.3. The molecule has 0 saturated carbocycles. The van der Waals surface area contributed by atoms with Crippen LogP contribution in [0.5, 0.6) is 0 Å². The Hall–Kier alpha value is -3.30. The number of allylic oxidation sites excluding steroid dienone is 7. The number of fused-ring (bicyclic) bond motifs is 1. The van der Waals surface area contributed by atoms with E-state index in [1.54, 1.807) is 25.2 Å². The van der Waals surface area contributed by atoms with Gasteiger partial charge in [-0.1, -0.05) is 20.1 Å². The second-order valence-corrected chi connectivity index (χ2v) is 9.88. The molecule has 3 aliphatic rings. The zero-order chi connectivity index (χ0) is 27.8. The van der Waals surface area contributed by atoms with Crippen molar-refractivity contribution in [1.82, 2.24) is 20.9 Å². The first-order valence-electron chi connectivity index (χ1n) is 13.2. The van der Waals surface area contributed by atoms with Gasteiger partial charge in [0.15, 0.2) is 11.6 Å². The molecule has 2 heterocycles. The normalized spacial score (nSPS) is 23.6. The zero-order valence-corrected chi connectivity index (χ0v) is 22.7. The van der Waals surface area contributed by atoms with Gasteiger partial charge in [0.1, 0.15) is 17.8 Å². The summed E-state index contributed by atoms with van der Waals surface area (Å²) >= 11 is 0. The summed E-state index contributed by atoms with van der Waals surface area (Å²) in [5.41, 5.74) is 15.1. The highest BCUT2D eigenvalue weighted by atomic mass is 19.1. The zero-order valence-electron chi connectivity index (χ0n) is 22.7. The molecule has 208 valence electrons.